The van der Waals surface area contributed by atoms with Crippen LogP contribution in [0.5, 0.6) is 5.75 Å². The van der Waals surface area contributed by atoms with E-state index in [1.54, 1.807) is 0 Å². The number of nitrogens with one attached hydrogen (secondary N) is 1. The zero-order valence-corrected chi connectivity index (χ0v) is 7.70. The number of nitrogens with two attached hydrogens (primary N) is 1. The van der Waals surface area contributed by atoms with Gasteiger partial charge in [0.25, 0.3) is 0 Å². The Morgan fingerprint density at radius 3 is 2.86 bits per heavy atom. The molecule has 0 radical (unpaired) electrons. The number of esters is 1. The van der Waals surface area contributed by atoms with E-state index in [0.717, 1.165) is 10.9 Å². The van der Waals surface area contributed by atoms with Gasteiger partial charge in [0.2, 0.25) is 0 Å². The zero-order chi connectivity index (χ0) is 10.1. The maximum Gasteiger partial charge on any atom is 0.308 e. The third kappa shape index (κ3) is 1.31. The average Bonchev–Trinajstić information content (AvgIpc) is 2.43. The first-order valence-corrected chi connectivity index (χ1v) is 4.23. The normalized spacial score (nSPS) is 10.4. The second kappa shape index (κ2) is 3.06. The van der Waals surface area contributed by atoms with Gasteiger partial charge in [0.05, 0.1) is 5.52 Å². The highest BCUT2D eigenvalue weighted by Gasteiger charge is 2.11. The lowest BCUT2D eigenvalue weighted by molar-refractivity contribution is -0.131. The Balaban J connectivity index is 2.62. The topological polar surface area (TPSA) is 68.1 Å². The summed E-state index contributed by atoms with van der Waals surface area (Å²) in [6, 6.07) is 7.47. The fourth-order valence-corrected chi connectivity index (χ4v) is 1.39. The van der Waals surface area contributed by atoms with E-state index in [4.69, 9.17) is 10.5 Å². The van der Waals surface area contributed by atoms with Gasteiger partial charge in [-0.3, -0.25) is 4.79 Å². The number of rotatable bonds is 1. The van der Waals surface area contributed by atoms with Crippen LogP contribution in [-0.4, -0.2) is 11.0 Å². The molecule has 0 spiro atoms. The highest BCUT2D eigenvalue weighted by Crippen LogP contribution is 2.31. The number of H-pyrrole nitrogens is 1. The second-order valence-electron chi connectivity index (χ2n) is 3.01. The Kier molecular flexibility index (Phi) is 1.89. The molecule has 1 heterocycles. The van der Waals surface area contributed by atoms with Crippen LogP contribution in [0.1, 0.15) is 6.92 Å². The van der Waals surface area contributed by atoms with Crippen LogP contribution < -0.4 is 10.5 Å². The summed E-state index contributed by atoms with van der Waals surface area (Å²) < 4.78 is 5.00. The summed E-state index contributed by atoms with van der Waals surface area (Å²) in [5.41, 5.74) is 6.53. The number of hydrogen-bond donors (Lipinski definition) is 2. The molecule has 72 valence electrons. The van der Waals surface area contributed by atoms with Crippen molar-refractivity contribution in [3.63, 3.8) is 0 Å². The van der Waals surface area contributed by atoms with Gasteiger partial charge in [-0.25, -0.2) is 0 Å². The van der Waals surface area contributed by atoms with Gasteiger partial charge in [-0.05, 0) is 12.1 Å². The molecule has 1 aromatic carbocycles. The third-order valence-electron chi connectivity index (χ3n) is 1.93. The van der Waals surface area contributed by atoms with E-state index in [0.29, 0.717) is 11.6 Å². The summed E-state index contributed by atoms with van der Waals surface area (Å²) in [7, 11) is 0. The first kappa shape index (κ1) is 8.62. The number of hydrogen-bond acceptors (Lipinski definition) is 3. The van der Waals surface area contributed by atoms with Crippen molar-refractivity contribution < 1.29 is 9.53 Å². The van der Waals surface area contributed by atoms with Crippen molar-refractivity contribution in [2.45, 2.75) is 6.92 Å². The number of anilines is 1. The van der Waals surface area contributed by atoms with Gasteiger partial charge in [-0.15, -0.1) is 0 Å². The molecule has 0 aliphatic heterocycles. The molecule has 0 unspecified atom stereocenters. The Bertz CT molecular complexity index is 488. The van der Waals surface area contributed by atoms with Gasteiger partial charge in [0, 0.05) is 12.3 Å². The predicted octanol–water partition coefficient (Wildman–Crippen LogP) is 1.68. The summed E-state index contributed by atoms with van der Waals surface area (Å²) in [5, 5.41) is 0.820. The number of carbonyl (C=O) groups excluding carboxylic acids is 1. The van der Waals surface area contributed by atoms with E-state index in [9.17, 15) is 4.79 Å². The summed E-state index contributed by atoms with van der Waals surface area (Å²) >= 11 is 0. The molecule has 0 bridgehead atoms. The van der Waals surface area contributed by atoms with Crippen LogP contribution in [0.15, 0.2) is 24.3 Å². The minimum atomic E-state index is -0.374. The van der Waals surface area contributed by atoms with Gasteiger partial charge in [-0.1, -0.05) is 12.1 Å². The summed E-state index contributed by atoms with van der Waals surface area (Å²) in [5.74, 6) is 0.413. The summed E-state index contributed by atoms with van der Waals surface area (Å²) in [4.78, 5) is 13.7. The van der Waals surface area contributed by atoms with Crippen molar-refractivity contribution in [3.05, 3.63) is 24.3 Å². The van der Waals surface area contributed by atoms with Crippen molar-refractivity contribution in [1.29, 1.82) is 0 Å². The van der Waals surface area contributed by atoms with E-state index in [-0.39, 0.29) is 5.97 Å². The summed E-state index contributed by atoms with van der Waals surface area (Å²) in [6.45, 7) is 1.35. The van der Waals surface area contributed by atoms with Crippen molar-refractivity contribution in [3.8, 4) is 5.75 Å². The number of para-hydroxylation sites is 1. The van der Waals surface area contributed by atoms with Crippen LogP contribution in [0.4, 0.5) is 5.82 Å². The number of benzene rings is 1. The van der Waals surface area contributed by atoms with E-state index >= 15 is 0 Å². The largest absolute Gasteiger partial charge is 0.422 e. The second-order valence-corrected chi connectivity index (χ2v) is 3.01. The number of nitrogen functional groups attached to an aromatic ring is 1. The van der Waals surface area contributed by atoms with Crippen LogP contribution in [0.25, 0.3) is 10.9 Å². The van der Waals surface area contributed by atoms with Gasteiger partial charge in [0.1, 0.15) is 5.82 Å². The van der Waals surface area contributed by atoms with Gasteiger partial charge < -0.3 is 15.5 Å². The Morgan fingerprint density at radius 1 is 1.43 bits per heavy atom. The molecule has 4 heteroatoms. The number of carbonyl (C=O) groups is 1. The number of fused-ring (bicyclic) bond motifs is 1. The fourth-order valence-electron chi connectivity index (χ4n) is 1.39. The molecule has 0 saturated carbocycles. The molecule has 0 atom stereocenters. The molecule has 3 N–H and O–H groups in total. The highest BCUT2D eigenvalue weighted by atomic mass is 16.5. The lowest BCUT2D eigenvalue weighted by Gasteiger charge is -1.99. The maximum absolute atomic E-state index is 10.8. The lowest BCUT2D eigenvalue weighted by atomic mass is 10.2. The van der Waals surface area contributed by atoms with Crippen molar-refractivity contribution in [1.82, 2.24) is 4.98 Å². The molecule has 0 amide bonds. The minimum absolute atomic E-state index is 0.374. The number of aromatic nitrogens is 1. The van der Waals surface area contributed by atoms with Crippen molar-refractivity contribution in [2.75, 3.05) is 5.73 Å². The first-order valence-electron chi connectivity index (χ1n) is 4.23. The first-order chi connectivity index (χ1) is 6.68. The molecule has 2 aromatic rings. The molecule has 0 aliphatic carbocycles. The molecular weight excluding hydrogens is 180 g/mol. The minimum Gasteiger partial charge on any atom is -0.422 e. The van der Waals surface area contributed by atoms with Gasteiger partial charge >= 0.3 is 5.97 Å². The smallest absolute Gasteiger partial charge is 0.308 e. The molecule has 0 fully saturated rings. The maximum atomic E-state index is 10.8. The van der Waals surface area contributed by atoms with Crippen LogP contribution in [0.2, 0.25) is 0 Å². The Morgan fingerprint density at radius 2 is 2.14 bits per heavy atom. The van der Waals surface area contributed by atoms with Gasteiger partial charge in [0.15, 0.2) is 5.75 Å². The number of ether oxygens (including phenoxy) is 1. The van der Waals surface area contributed by atoms with E-state index in [1.165, 1.54) is 6.92 Å². The third-order valence-corrected chi connectivity index (χ3v) is 1.93. The fraction of sp³-hybridized carbons (Fsp3) is 0.100. The van der Waals surface area contributed by atoms with Gasteiger partial charge in [-0.2, -0.15) is 0 Å². The van der Waals surface area contributed by atoms with Crippen LogP contribution in [0, 0.1) is 0 Å². The monoisotopic (exact) mass is 190 g/mol. The molecule has 0 aliphatic rings. The van der Waals surface area contributed by atoms with Crippen LogP contribution in [-0.2, 0) is 4.79 Å². The van der Waals surface area contributed by atoms with Crippen LogP contribution >= 0.6 is 0 Å². The lowest BCUT2D eigenvalue weighted by Crippen LogP contribution is -2.02. The Hall–Kier alpha value is -1.97. The van der Waals surface area contributed by atoms with Crippen molar-refractivity contribution >= 4 is 22.7 Å². The average molecular weight is 190 g/mol. The molecule has 0 saturated heterocycles. The molecule has 2 rings (SSSR count). The van der Waals surface area contributed by atoms with E-state index < -0.39 is 0 Å². The molecular formula is C10H10N2O2. The SMILES string of the molecule is CC(=O)Oc1c(N)[nH]c2ccccc12. The quantitative estimate of drug-likeness (QED) is 0.672. The summed E-state index contributed by atoms with van der Waals surface area (Å²) in [6.07, 6.45) is 0. The highest BCUT2D eigenvalue weighted by molar-refractivity contribution is 5.93. The molecule has 14 heavy (non-hydrogen) atoms. The van der Waals surface area contributed by atoms with Crippen LogP contribution in [0.3, 0.4) is 0 Å². The van der Waals surface area contributed by atoms with E-state index in [2.05, 4.69) is 4.98 Å². The zero-order valence-electron chi connectivity index (χ0n) is 7.70. The van der Waals surface area contributed by atoms with E-state index in [1.807, 2.05) is 24.3 Å². The number of aromatic amines is 1. The molecule has 1 aromatic heterocycles. The predicted molar refractivity (Wildman–Crippen MR) is 54.0 cm³/mol. The van der Waals surface area contributed by atoms with Crippen molar-refractivity contribution in [2.24, 2.45) is 0 Å². The molecule has 4 nitrogen and oxygen atoms in total. The Labute approximate surface area is 80.7 Å². The standard InChI is InChI=1S/C10H10N2O2/c1-6(13)14-9-7-4-2-3-5-8(7)12-10(9)11/h2-5,12H,11H2,1H3.